The van der Waals surface area contributed by atoms with E-state index in [1.807, 2.05) is 44.2 Å². The summed E-state index contributed by atoms with van der Waals surface area (Å²) in [5.74, 6) is 0.925. The summed E-state index contributed by atoms with van der Waals surface area (Å²) < 4.78 is 1.64. The number of nitrogens with one attached hydrogen (secondary N) is 2. The number of aryl methyl sites for hydroxylation is 2. The van der Waals surface area contributed by atoms with Gasteiger partial charge in [0.25, 0.3) is 11.5 Å². The van der Waals surface area contributed by atoms with Crippen molar-refractivity contribution >= 4 is 5.91 Å². The third kappa shape index (κ3) is 4.45. The summed E-state index contributed by atoms with van der Waals surface area (Å²) in [7, 11) is 1.79. The Labute approximate surface area is 181 Å². The van der Waals surface area contributed by atoms with Crippen LogP contribution in [0.2, 0.25) is 0 Å². The van der Waals surface area contributed by atoms with E-state index in [9.17, 15) is 9.59 Å². The fraction of sp³-hybridized carbons (Fsp3) is 0.417. The van der Waals surface area contributed by atoms with Crippen LogP contribution in [0.1, 0.15) is 77.0 Å². The number of hydrogen-bond donors (Lipinski definition) is 2. The molecule has 7 heteroatoms. The van der Waals surface area contributed by atoms with E-state index in [1.54, 1.807) is 11.7 Å². The fourth-order valence-electron chi connectivity index (χ4n) is 4.22. The second-order valence-electron chi connectivity index (χ2n) is 8.29. The van der Waals surface area contributed by atoms with Gasteiger partial charge in [0.1, 0.15) is 11.5 Å². The monoisotopic (exact) mass is 419 g/mol. The van der Waals surface area contributed by atoms with Crippen molar-refractivity contribution in [2.24, 2.45) is 7.05 Å². The molecule has 0 aliphatic heterocycles. The molecule has 1 amide bonds. The Morgan fingerprint density at radius 3 is 2.65 bits per heavy atom. The smallest absolute Gasteiger partial charge is 0.270 e. The van der Waals surface area contributed by atoms with Gasteiger partial charge < -0.3 is 10.3 Å². The van der Waals surface area contributed by atoms with E-state index in [1.165, 1.54) is 12.5 Å². The molecule has 162 valence electrons. The molecule has 31 heavy (non-hydrogen) atoms. The van der Waals surface area contributed by atoms with Crippen LogP contribution < -0.4 is 10.9 Å². The Morgan fingerprint density at radius 2 is 2.03 bits per heavy atom. The first-order valence-electron chi connectivity index (χ1n) is 10.9. The third-order valence-corrected chi connectivity index (χ3v) is 6.16. The van der Waals surface area contributed by atoms with Crippen molar-refractivity contribution < 1.29 is 4.79 Å². The van der Waals surface area contributed by atoms with E-state index >= 15 is 0 Å². The van der Waals surface area contributed by atoms with Crippen LogP contribution in [0.25, 0.3) is 0 Å². The maximum absolute atomic E-state index is 13.2. The average molecular weight is 420 g/mol. The third-order valence-electron chi connectivity index (χ3n) is 6.16. The van der Waals surface area contributed by atoms with E-state index in [2.05, 4.69) is 15.4 Å². The molecular weight excluding hydrogens is 390 g/mol. The van der Waals surface area contributed by atoms with Crippen LogP contribution >= 0.6 is 0 Å². The zero-order chi connectivity index (χ0) is 22.0. The number of benzene rings is 1. The van der Waals surface area contributed by atoms with Crippen LogP contribution in [0, 0.1) is 6.92 Å². The quantitative estimate of drug-likeness (QED) is 0.614. The van der Waals surface area contributed by atoms with Crippen LogP contribution in [-0.4, -0.2) is 25.7 Å². The van der Waals surface area contributed by atoms with E-state index in [-0.39, 0.29) is 17.5 Å². The molecule has 1 aliphatic rings. The van der Waals surface area contributed by atoms with Crippen molar-refractivity contribution in [3.8, 4) is 0 Å². The van der Waals surface area contributed by atoms with Crippen molar-refractivity contribution in [1.29, 1.82) is 0 Å². The predicted octanol–water partition coefficient (Wildman–Crippen LogP) is 3.36. The van der Waals surface area contributed by atoms with Gasteiger partial charge in [-0.1, -0.05) is 43.7 Å². The van der Waals surface area contributed by atoms with Gasteiger partial charge in [0.15, 0.2) is 0 Å². The first-order valence-corrected chi connectivity index (χ1v) is 10.9. The number of H-pyrrole nitrogens is 1. The number of aromatic nitrogens is 4. The topological polar surface area (TPSA) is 92.7 Å². The molecule has 7 nitrogen and oxygen atoms in total. The molecule has 1 aromatic carbocycles. The molecule has 0 spiro atoms. The van der Waals surface area contributed by atoms with E-state index in [0.717, 1.165) is 41.9 Å². The van der Waals surface area contributed by atoms with Gasteiger partial charge >= 0.3 is 0 Å². The molecule has 2 N–H and O–H groups in total. The first kappa shape index (κ1) is 21.0. The van der Waals surface area contributed by atoms with Crippen LogP contribution in [0.4, 0.5) is 0 Å². The number of aromatic amines is 1. The molecule has 2 aromatic heterocycles. The number of carbonyl (C=O) groups excluding carboxylic acids is 1. The minimum Gasteiger partial charge on any atom is -0.344 e. The molecular formula is C24H29N5O2. The highest BCUT2D eigenvalue weighted by Gasteiger charge is 2.25. The van der Waals surface area contributed by atoms with Crippen molar-refractivity contribution in [2.45, 2.75) is 57.9 Å². The van der Waals surface area contributed by atoms with Crippen LogP contribution in [0.15, 0.2) is 41.2 Å². The van der Waals surface area contributed by atoms with Crippen LogP contribution in [0.5, 0.6) is 0 Å². The standard InChI is InChI=1S/C24H29N5O2/c1-4-19-15(2)22(29(3)28-19)24(31)26-20(16-9-6-5-7-10-16)13-18-14-21(30)27-23(25-18)17-11-8-12-17/h5-7,9-10,14,17,20H,4,8,11-13H2,1-3H3,(H,26,31)(H,25,27,30)/t20-/m1/s1. The van der Waals surface area contributed by atoms with Gasteiger partial charge in [0, 0.05) is 31.0 Å². The van der Waals surface area contributed by atoms with Gasteiger partial charge in [-0.2, -0.15) is 5.10 Å². The molecule has 3 aromatic rings. The molecule has 1 aliphatic carbocycles. The van der Waals surface area contributed by atoms with E-state index < -0.39 is 0 Å². The molecule has 1 saturated carbocycles. The lowest BCUT2D eigenvalue weighted by molar-refractivity contribution is 0.0926. The Bertz CT molecular complexity index is 1130. The lowest BCUT2D eigenvalue weighted by Gasteiger charge is -2.25. The summed E-state index contributed by atoms with van der Waals surface area (Å²) >= 11 is 0. The lowest BCUT2D eigenvalue weighted by Crippen LogP contribution is -2.32. The van der Waals surface area contributed by atoms with Crippen LogP contribution in [-0.2, 0) is 19.9 Å². The molecule has 0 radical (unpaired) electrons. The summed E-state index contributed by atoms with van der Waals surface area (Å²) in [4.78, 5) is 33.1. The Kier molecular flexibility index (Phi) is 6.02. The van der Waals surface area contributed by atoms with Gasteiger partial charge in [-0.15, -0.1) is 0 Å². The minimum absolute atomic E-state index is 0.139. The number of hydrogen-bond acceptors (Lipinski definition) is 4. The van der Waals surface area contributed by atoms with Gasteiger partial charge in [-0.05, 0) is 31.7 Å². The van der Waals surface area contributed by atoms with Crippen molar-refractivity contribution in [3.05, 3.63) is 80.8 Å². The Morgan fingerprint density at radius 1 is 1.29 bits per heavy atom. The molecule has 0 unspecified atom stereocenters. The normalized spacial score (nSPS) is 14.8. The SMILES string of the molecule is CCc1nn(C)c(C(=O)N[C@H](Cc2cc(=O)[nH]c(C3CCC3)n2)c2ccccc2)c1C. The lowest BCUT2D eigenvalue weighted by atomic mass is 9.85. The Balaban J connectivity index is 1.63. The molecule has 2 heterocycles. The molecule has 4 rings (SSSR count). The molecule has 1 fully saturated rings. The highest BCUT2D eigenvalue weighted by molar-refractivity contribution is 5.94. The van der Waals surface area contributed by atoms with Gasteiger partial charge in [0.2, 0.25) is 0 Å². The van der Waals surface area contributed by atoms with Crippen molar-refractivity contribution in [1.82, 2.24) is 25.1 Å². The van der Waals surface area contributed by atoms with Gasteiger partial charge in [-0.25, -0.2) is 4.98 Å². The maximum Gasteiger partial charge on any atom is 0.270 e. The molecule has 1 atom stereocenters. The summed E-state index contributed by atoms with van der Waals surface area (Å²) in [5, 5.41) is 7.63. The minimum atomic E-state index is -0.309. The second-order valence-corrected chi connectivity index (χ2v) is 8.29. The maximum atomic E-state index is 13.2. The van der Waals surface area contributed by atoms with E-state index in [4.69, 9.17) is 4.98 Å². The number of carbonyl (C=O) groups is 1. The summed E-state index contributed by atoms with van der Waals surface area (Å²) in [6.07, 6.45) is 4.51. The molecule has 0 saturated heterocycles. The largest absolute Gasteiger partial charge is 0.344 e. The van der Waals surface area contributed by atoms with Gasteiger partial charge in [0.05, 0.1) is 17.4 Å². The van der Waals surface area contributed by atoms with Crippen LogP contribution in [0.3, 0.4) is 0 Å². The highest BCUT2D eigenvalue weighted by atomic mass is 16.2. The van der Waals surface area contributed by atoms with Crippen molar-refractivity contribution in [2.75, 3.05) is 0 Å². The molecule has 0 bridgehead atoms. The summed E-state index contributed by atoms with van der Waals surface area (Å²) in [6.45, 7) is 3.96. The first-order chi connectivity index (χ1) is 15.0. The summed E-state index contributed by atoms with van der Waals surface area (Å²) in [6, 6.07) is 11.0. The zero-order valence-electron chi connectivity index (χ0n) is 18.3. The van der Waals surface area contributed by atoms with Crippen molar-refractivity contribution in [3.63, 3.8) is 0 Å². The predicted molar refractivity (Wildman–Crippen MR) is 119 cm³/mol. The fourth-order valence-corrected chi connectivity index (χ4v) is 4.22. The Hall–Kier alpha value is -3.22. The second kappa shape index (κ2) is 8.88. The number of rotatable bonds is 7. The average Bonchev–Trinajstić information content (AvgIpc) is 2.99. The van der Waals surface area contributed by atoms with E-state index in [0.29, 0.717) is 23.7 Å². The zero-order valence-corrected chi connectivity index (χ0v) is 18.3. The number of amides is 1. The number of nitrogens with zero attached hydrogens (tertiary/aromatic N) is 3. The van der Waals surface area contributed by atoms with Gasteiger partial charge in [-0.3, -0.25) is 14.3 Å². The summed E-state index contributed by atoms with van der Waals surface area (Å²) in [5.41, 5.74) is 3.91. The highest BCUT2D eigenvalue weighted by Crippen LogP contribution is 2.34.